The van der Waals surface area contributed by atoms with Crippen LogP contribution in [0.25, 0.3) is 0 Å². The fraction of sp³-hybridized carbons (Fsp3) is 0.625. The van der Waals surface area contributed by atoms with Crippen molar-refractivity contribution in [1.29, 1.82) is 0 Å². The molecule has 1 aliphatic carbocycles. The van der Waals surface area contributed by atoms with E-state index in [1.165, 1.54) is 12.1 Å². The normalized spacial score (nSPS) is 24.9. The summed E-state index contributed by atoms with van der Waals surface area (Å²) in [5, 5.41) is 3.69. The molecule has 1 aromatic rings. The van der Waals surface area contributed by atoms with Gasteiger partial charge in [0, 0.05) is 19.2 Å². The Labute approximate surface area is 115 Å². The van der Waals surface area contributed by atoms with Gasteiger partial charge in [-0.25, -0.2) is 4.39 Å². The van der Waals surface area contributed by atoms with Crippen LogP contribution in [-0.2, 0) is 4.74 Å². The average molecular weight is 265 g/mol. The predicted molar refractivity (Wildman–Crippen MR) is 75.6 cm³/mol. The summed E-state index contributed by atoms with van der Waals surface area (Å²) in [4.78, 5) is 0. The van der Waals surface area contributed by atoms with E-state index in [4.69, 9.17) is 4.74 Å². The quantitative estimate of drug-likeness (QED) is 0.896. The fourth-order valence-corrected chi connectivity index (χ4v) is 2.63. The maximum absolute atomic E-state index is 13.0. The van der Waals surface area contributed by atoms with Crippen molar-refractivity contribution in [2.24, 2.45) is 5.41 Å². The van der Waals surface area contributed by atoms with Gasteiger partial charge in [0.15, 0.2) is 0 Å². The molecular weight excluding hydrogens is 241 g/mol. The van der Waals surface area contributed by atoms with Crippen molar-refractivity contribution in [2.45, 2.75) is 51.8 Å². The standard InChI is InChI=1S/C16H24FNO/c1-16(2,3)15(11-5-7-12(17)8-6-11)18-13-9-14(10-13)19-4/h5-8,13-15,18H,9-10H2,1-4H3. The number of hydrogen-bond acceptors (Lipinski definition) is 2. The van der Waals surface area contributed by atoms with Crippen molar-refractivity contribution >= 4 is 0 Å². The molecule has 0 saturated heterocycles. The molecule has 1 fully saturated rings. The van der Waals surface area contributed by atoms with Gasteiger partial charge in [0.25, 0.3) is 0 Å². The molecule has 0 bridgehead atoms. The van der Waals surface area contributed by atoms with Gasteiger partial charge in [-0.1, -0.05) is 32.9 Å². The number of hydrogen-bond donors (Lipinski definition) is 1. The number of rotatable bonds is 4. The van der Waals surface area contributed by atoms with Crippen molar-refractivity contribution in [2.75, 3.05) is 7.11 Å². The van der Waals surface area contributed by atoms with Gasteiger partial charge in [-0.05, 0) is 36.0 Å². The van der Waals surface area contributed by atoms with Gasteiger partial charge in [-0.15, -0.1) is 0 Å². The molecule has 0 heterocycles. The lowest BCUT2D eigenvalue weighted by molar-refractivity contribution is 0.00905. The molecule has 1 aliphatic rings. The highest BCUT2D eigenvalue weighted by Crippen LogP contribution is 2.35. The van der Waals surface area contributed by atoms with Crippen LogP contribution in [-0.4, -0.2) is 19.3 Å². The molecule has 1 atom stereocenters. The predicted octanol–water partition coefficient (Wildman–Crippen LogP) is 3.68. The third-order valence-corrected chi connectivity index (χ3v) is 3.90. The number of nitrogens with one attached hydrogen (secondary N) is 1. The SMILES string of the molecule is COC1CC(NC(c2ccc(F)cc2)C(C)(C)C)C1. The van der Waals surface area contributed by atoms with Crippen LogP contribution in [0.2, 0.25) is 0 Å². The summed E-state index contributed by atoms with van der Waals surface area (Å²) in [5.74, 6) is -0.181. The first-order valence-electron chi connectivity index (χ1n) is 6.94. The average Bonchev–Trinajstić information content (AvgIpc) is 2.28. The zero-order valence-corrected chi connectivity index (χ0v) is 12.2. The summed E-state index contributed by atoms with van der Waals surface area (Å²) in [6.45, 7) is 6.63. The molecule has 0 aliphatic heterocycles. The van der Waals surface area contributed by atoms with Crippen LogP contribution < -0.4 is 5.32 Å². The summed E-state index contributed by atoms with van der Waals surface area (Å²) >= 11 is 0. The molecule has 1 aromatic carbocycles. The van der Waals surface area contributed by atoms with Crippen LogP contribution in [0.4, 0.5) is 4.39 Å². The number of halogens is 1. The molecule has 0 aromatic heterocycles. The van der Waals surface area contributed by atoms with Crippen LogP contribution in [0.1, 0.15) is 45.2 Å². The second-order valence-corrected chi connectivity index (χ2v) is 6.54. The van der Waals surface area contributed by atoms with Crippen molar-refractivity contribution in [3.63, 3.8) is 0 Å². The van der Waals surface area contributed by atoms with Gasteiger partial charge in [0.1, 0.15) is 5.82 Å². The molecule has 0 radical (unpaired) electrons. The highest BCUT2D eigenvalue weighted by atomic mass is 19.1. The van der Waals surface area contributed by atoms with Gasteiger partial charge in [-0.3, -0.25) is 0 Å². The van der Waals surface area contributed by atoms with Crippen molar-refractivity contribution in [3.05, 3.63) is 35.6 Å². The lowest BCUT2D eigenvalue weighted by atomic mass is 9.79. The molecule has 106 valence electrons. The molecule has 0 spiro atoms. The molecule has 1 saturated carbocycles. The Balaban J connectivity index is 2.07. The fourth-order valence-electron chi connectivity index (χ4n) is 2.63. The highest BCUT2D eigenvalue weighted by Gasteiger charge is 2.34. The van der Waals surface area contributed by atoms with Gasteiger partial charge in [-0.2, -0.15) is 0 Å². The van der Waals surface area contributed by atoms with Gasteiger partial charge >= 0.3 is 0 Å². The summed E-state index contributed by atoms with van der Waals surface area (Å²) in [6, 6.07) is 7.56. The molecule has 2 nitrogen and oxygen atoms in total. The van der Waals surface area contributed by atoms with Gasteiger partial charge in [0.2, 0.25) is 0 Å². The minimum absolute atomic E-state index is 0.0932. The molecule has 1 N–H and O–H groups in total. The molecule has 3 heteroatoms. The van der Waals surface area contributed by atoms with Crippen LogP contribution in [0.3, 0.4) is 0 Å². The van der Waals surface area contributed by atoms with Crippen molar-refractivity contribution in [1.82, 2.24) is 5.32 Å². The van der Waals surface area contributed by atoms with E-state index in [-0.39, 0.29) is 17.3 Å². The zero-order valence-electron chi connectivity index (χ0n) is 12.2. The second kappa shape index (κ2) is 5.59. The minimum atomic E-state index is -0.181. The van der Waals surface area contributed by atoms with Crippen LogP contribution in [0.15, 0.2) is 24.3 Å². The molecular formula is C16H24FNO. The molecule has 1 unspecified atom stereocenters. The van der Waals surface area contributed by atoms with E-state index in [1.807, 2.05) is 12.1 Å². The maximum atomic E-state index is 13.0. The first-order valence-corrected chi connectivity index (χ1v) is 6.94. The largest absolute Gasteiger partial charge is 0.381 e. The van der Waals surface area contributed by atoms with E-state index in [0.29, 0.717) is 12.1 Å². The second-order valence-electron chi connectivity index (χ2n) is 6.54. The Hall–Kier alpha value is -0.930. The lowest BCUT2D eigenvalue weighted by Gasteiger charge is -2.41. The van der Waals surface area contributed by atoms with Crippen molar-refractivity contribution in [3.8, 4) is 0 Å². The molecule has 0 amide bonds. The summed E-state index contributed by atoms with van der Waals surface area (Å²) in [6.07, 6.45) is 2.51. The summed E-state index contributed by atoms with van der Waals surface area (Å²) in [5.41, 5.74) is 1.24. The third kappa shape index (κ3) is 3.54. The van der Waals surface area contributed by atoms with Crippen LogP contribution in [0.5, 0.6) is 0 Å². The van der Waals surface area contributed by atoms with Gasteiger partial charge < -0.3 is 10.1 Å². The van der Waals surface area contributed by atoms with Gasteiger partial charge in [0.05, 0.1) is 6.10 Å². The summed E-state index contributed by atoms with van der Waals surface area (Å²) in [7, 11) is 1.77. The van der Waals surface area contributed by atoms with Crippen molar-refractivity contribution < 1.29 is 9.13 Å². The van der Waals surface area contributed by atoms with E-state index in [9.17, 15) is 4.39 Å². The first-order chi connectivity index (χ1) is 8.90. The van der Waals surface area contributed by atoms with E-state index < -0.39 is 0 Å². The van der Waals surface area contributed by atoms with E-state index in [2.05, 4.69) is 26.1 Å². The number of benzene rings is 1. The monoisotopic (exact) mass is 265 g/mol. The Bertz CT molecular complexity index is 404. The Kier molecular flexibility index (Phi) is 4.26. The third-order valence-electron chi connectivity index (χ3n) is 3.90. The smallest absolute Gasteiger partial charge is 0.123 e. The molecule has 19 heavy (non-hydrogen) atoms. The van der Waals surface area contributed by atoms with E-state index in [1.54, 1.807) is 7.11 Å². The Morgan fingerprint density at radius 2 is 1.79 bits per heavy atom. The molecule has 2 rings (SSSR count). The lowest BCUT2D eigenvalue weighted by Crippen LogP contribution is -2.49. The van der Waals surface area contributed by atoms with E-state index in [0.717, 1.165) is 18.4 Å². The maximum Gasteiger partial charge on any atom is 0.123 e. The Morgan fingerprint density at radius 3 is 2.26 bits per heavy atom. The van der Waals surface area contributed by atoms with Crippen LogP contribution in [0, 0.1) is 11.2 Å². The van der Waals surface area contributed by atoms with Crippen LogP contribution >= 0.6 is 0 Å². The number of methoxy groups -OCH3 is 1. The topological polar surface area (TPSA) is 21.3 Å². The minimum Gasteiger partial charge on any atom is -0.381 e. The Morgan fingerprint density at radius 1 is 1.21 bits per heavy atom. The number of ether oxygens (including phenoxy) is 1. The highest BCUT2D eigenvalue weighted by molar-refractivity contribution is 5.22. The first kappa shape index (κ1) is 14.5. The zero-order chi connectivity index (χ0) is 14.0. The van der Waals surface area contributed by atoms with E-state index >= 15 is 0 Å². The summed E-state index contributed by atoms with van der Waals surface area (Å²) < 4.78 is 18.4.